The van der Waals surface area contributed by atoms with Gasteiger partial charge >= 0.3 is 0 Å². The lowest BCUT2D eigenvalue weighted by Crippen LogP contribution is -2.57. The zero-order chi connectivity index (χ0) is 20.2. The monoisotopic (exact) mass is 400 g/mol. The SMILES string of the molecule is COc1cccc(N2CCN(C(=O)C3NNNC3Nc3ccccc3F)CC2)c1. The van der Waals surface area contributed by atoms with Crippen molar-refractivity contribution in [2.75, 3.05) is 43.5 Å². The number of hydrazine groups is 2. The summed E-state index contributed by atoms with van der Waals surface area (Å²) in [5, 5.41) is 3.04. The summed E-state index contributed by atoms with van der Waals surface area (Å²) in [4.78, 5) is 17.1. The van der Waals surface area contributed by atoms with Crippen LogP contribution in [0.15, 0.2) is 48.5 Å². The van der Waals surface area contributed by atoms with Crippen LogP contribution < -0.4 is 31.3 Å². The quantitative estimate of drug-likeness (QED) is 0.594. The lowest BCUT2D eigenvalue weighted by molar-refractivity contribution is -0.133. The second kappa shape index (κ2) is 8.64. The number of anilines is 2. The zero-order valence-corrected chi connectivity index (χ0v) is 16.2. The minimum atomic E-state index is -0.557. The van der Waals surface area contributed by atoms with Crippen molar-refractivity contribution in [1.82, 2.24) is 21.3 Å². The number of nitrogens with one attached hydrogen (secondary N) is 4. The van der Waals surface area contributed by atoms with Crippen LogP contribution >= 0.6 is 0 Å². The number of methoxy groups -OCH3 is 1. The van der Waals surface area contributed by atoms with E-state index in [0.717, 1.165) is 24.5 Å². The second-order valence-corrected chi connectivity index (χ2v) is 7.01. The molecule has 2 aromatic rings. The fraction of sp³-hybridized carbons (Fsp3) is 0.350. The van der Waals surface area contributed by atoms with Crippen molar-refractivity contribution < 1.29 is 13.9 Å². The molecule has 0 spiro atoms. The fourth-order valence-corrected chi connectivity index (χ4v) is 3.62. The largest absolute Gasteiger partial charge is 0.497 e. The number of ether oxygens (including phenoxy) is 1. The maximum Gasteiger partial charge on any atom is 0.244 e. The van der Waals surface area contributed by atoms with E-state index < -0.39 is 12.2 Å². The number of hydrogen-bond donors (Lipinski definition) is 4. The van der Waals surface area contributed by atoms with Gasteiger partial charge in [0.25, 0.3) is 0 Å². The molecule has 4 N–H and O–H groups in total. The number of hydrogen-bond acceptors (Lipinski definition) is 7. The Balaban J connectivity index is 1.36. The normalized spacial score (nSPS) is 21.9. The van der Waals surface area contributed by atoms with Gasteiger partial charge in [0.1, 0.15) is 23.8 Å². The number of rotatable bonds is 5. The lowest BCUT2D eigenvalue weighted by atomic mass is 10.1. The first-order valence-corrected chi connectivity index (χ1v) is 9.60. The molecule has 2 aliphatic heterocycles. The second-order valence-electron chi connectivity index (χ2n) is 7.01. The van der Waals surface area contributed by atoms with E-state index in [4.69, 9.17) is 4.74 Å². The summed E-state index contributed by atoms with van der Waals surface area (Å²) in [6.45, 7) is 2.69. The Bertz CT molecular complexity index is 858. The van der Waals surface area contributed by atoms with Crippen LogP contribution in [0.3, 0.4) is 0 Å². The van der Waals surface area contributed by atoms with Crippen LogP contribution in [0.25, 0.3) is 0 Å². The number of benzene rings is 2. The highest BCUT2D eigenvalue weighted by molar-refractivity contribution is 5.83. The van der Waals surface area contributed by atoms with Crippen molar-refractivity contribution in [3.63, 3.8) is 0 Å². The van der Waals surface area contributed by atoms with E-state index in [1.165, 1.54) is 6.07 Å². The highest BCUT2D eigenvalue weighted by atomic mass is 19.1. The van der Waals surface area contributed by atoms with Crippen LogP contribution in [0.1, 0.15) is 0 Å². The van der Waals surface area contributed by atoms with Gasteiger partial charge in [0.2, 0.25) is 5.91 Å². The first kappa shape index (κ1) is 19.4. The summed E-state index contributed by atoms with van der Waals surface area (Å²) in [6.07, 6.45) is -0.476. The average Bonchev–Trinajstić information content (AvgIpc) is 3.23. The topological polar surface area (TPSA) is 80.9 Å². The molecular formula is C20H25FN6O2. The molecule has 0 radical (unpaired) electrons. The number of carbonyl (C=O) groups excluding carboxylic acids is 1. The molecule has 2 saturated heterocycles. The molecule has 29 heavy (non-hydrogen) atoms. The maximum absolute atomic E-state index is 13.9. The molecule has 2 unspecified atom stereocenters. The molecule has 2 aliphatic rings. The summed E-state index contributed by atoms with van der Waals surface area (Å²) < 4.78 is 19.2. The molecule has 0 bridgehead atoms. The third kappa shape index (κ3) is 4.26. The van der Waals surface area contributed by atoms with Crippen molar-refractivity contribution >= 4 is 17.3 Å². The van der Waals surface area contributed by atoms with E-state index in [9.17, 15) is 9.18 Å². The Morgan fingerprint density at radius 3 is 2.66 bits per heavy atom. The van der Waals surface area contributed by atoms with E-state index >= 15 is 0 Å². The van der Waals surface area contributed by atoms with Gasteiger partial charge in [0, 0.05) is 37.9 Å². The summed E-state index contributed by atoms with van der Waals surface area (Å²) in [5.41, 5.74) is 10.1. The van der Waals surface area contributed by atoms with Gasteiger partial charge in [0.05, 0.1) is 12.8 Å². The van der Waals surface area contributed by atoms with Gasteiger partial charge in [-0.25, -0.2) is 15.2 Å². The fourth-order valence-electron chi connectivity index (χ4n) is 3.62. The van der Waals surface area contributed by atoms with Crippen molar-refractivity contribution in [1.29, 1.82) is 0 Å². The van der Waals surface area contributed by atoms with Crippen LogP contribution in [0, 0.1) is 5.82 Å². The molecular weight excluding hydrogens is 375 g/mol. The van der Waals surface area contributed by atoms with Gasteiger partial charge in [-0.05, 0) is 24.3 Å². The van der Waals surface area contributed by atoms with Gasteiger partial charge in [-0.2, -0.15) is 5.53 Å². The van der Waals surface area contributed by atoms with Gasteiger partial charge < -0.3 is 19.9 Å². The number of nitrogens with zero attached hydrogens (tertiary/aromatic N) is 2. The Hall–Kier alpha value is -2.88. The van der Waals surface area contributed by atoms with Crippen molar-refractivity contribution in [2.45, 2.75) is 12.2 Å². The van der Waals surface area contributed by atoms with E-state index in [0.29, 0.717) is 18.8 Å². The molecule has 154 valence electrons. The Labute approximate surface area is 168 Å². The minimum absolute atomic E-state index is 0.0402. The van der Waals surface area contributed by atoms with Crippen molar-refractivity contribution in [3.05, 3.63) is 54.3 Å². The van der Waals surface area contributed by atoms with Gasteiger partial charge in [0.15, 0.2) is 0 Å². The standard InChI is InChI=1S/C20H25FN6O2/c1-29-15-6-4-5-14(13-15)26-9-11-27(12-10-26)20(28)18-19(24-25-23-18)22-17-8-3-2-7-16(17)21/h2-8,13,18-19,22-25H,9-12H2,1H3. The highest BCUT2D eigenvalue weighted by Crippen LogP contribution is 2.22. The molecule has 0 aliphatic carbocycles. The molecule has 0 saturated carbocycles. The first-order chi connectivity index (χ1) is 14.2. The number of amides is 1. The van der Waals surface area contributed by atoms with E-state index in [1.807, 2.05) is 29.2 Å². The summed E-state index contributed by atoms with van der Waals surface area (Å²) in [6, 6.07) is 13.8. The van der Waals surface area contributed by atoms with E-state index in [1.54, 1.807) is 25.3 Å². The molecule has 0 aromatic heterocycles. The molecule has 4 rings (SSSR count). The minimum Gasteiger partial charge on any atom is -0.497 e. The van der Waals surface area contributed by atoms with Crippen LogP contribution in [-0.4, -0.2) is 56.3 Å². The molecule has 8 nitrogen and oxygen atoms in total. The predicted molar refractivity (Wildman–Crippen MR) is 109 cm³/mol. The Kier molecular flexibility index (Phi) is 5.79. The lowest BCUT2D eigenvalue weighted by Gasteiger charge is -2.37. The number of piperazine rings is 1. The maximum atomic E-state index is 13.9. The van der Waals surface area contributed by atoms with E-state index in [-0.39, 0.29) is 11.7 Å². The summed E-state index contributed by atoms with van der Waals surface area (Å²) in [5.74, 6) is 0.413. The zero-order valence-electron chi connectivity index (χ0n) is 16.2. The van der Waals surface area contributed by atoms with E-state index in [2.05, 4.69) is 26.6 Å². The third-order valence-electron chi connectivity index (χ3n) is 5.25. The molecule has 2 aromatic carbocycles. The molecule has 9 heteroatoms. The third-order valence-corrected chi connectivity index (χ3v) is 5.25. The summed E-state index contributed by atoms with van der Waals surface area (Å²) >= 11 is 0. The van der Waals surface area contributed by atoms with Gasteiger partial charge in [-0.3, -0.25) is 4.79 Å². The van der Waals surface area contributed by atoms with Crippen LogP contribution in [0.2, 0.25) is 0 Å². The van der Waals surface area contributed by atoms with Gasteiger partial charge in [-0.15, -0.1) is 0 Å². The smallest absolute Gasteiger partial charge is 0.244 e. The van der Waals surface area contributed by atoms with Crippen LogP contribution in [-0.2, 0) is 4.79 Å². The number of carbonyl (C=O) groups is 1. The molecule has 2 heterocycles. The van der Waals surface area contributed by atoms with Crippen molar-refractivity contribution in [2.24, 2.45) is 0 Å². The molecule has 2 atom stereocenters. The Morgan fingerprint density at radius 2 is 1.90 bits per heavy atom. The van der Waals surface area contributed by atoms with Crippen LogP contribution in [0.5, 0.6) is 5.75 Å². The van der Waals surface area contributed by atoms with Gasteiger partial charge in [-0.1, -0.05) is 18.2 Å². The van der Waals surface area contributed by atoms with Crippen LogP contribution in [0.4, 0.5) is 15.8 Å². The summed E-state index contributed by atoms with van der Waals surface area (Å²) in [7, 11) is 1.65. The molecule has 1 amide bonds. The van der Waals surface area contributed by atoms with Crippen molar-refractivity contribution in [3.8, 4) is 5.75 Å². The highest BCUT2D eigenvalue weighted by Gasteiger charge is 2.37. The predicted octanol–water partition coefficient (Wildman–Crippen LogP) is 0.902. The molecule has 2 fully saturated rings. The Morgan fingerprint density at radius 1 is 1.10 bits per heavy atom. The number of para-hydroxylation sites is 1. The first-order valence-electron chi connectivity index (χ1n) is 9.60. The number of halogens is 1. The average molecular weight is 400 g/mol.